The summed E-state index contributed by atoms with van der Waals surface area (Å²) in [7, 11) is 0. The van der Waals surface area contributed by atoms with Gasteiger partial charge in [0.25, 0.3) is 0 Å². The van der Waals surface area contributed by atoms with E-state index in [4.69, 9.17) is 5.11 Å². The zero-order valence-corrected chi connectivity index (χ0v) is 11.0. The van der Waals surface area contributed by atoms with Crippen molar-refractivity contribution in [3.05, 3.63) is 53.8 Å². The van der Waals surface area contributed by atoms with Gasteiger partial charge >= 0.3 is 12.3 Å². The van der Waals surface area contributed by atoms with E-state index in [-0.39, 0.29) is 23.1 Å². The third-order valence-electron chi connectivity index (χ3n) is 2.71. The van der Waals surface area contributed by atoms with Gasteiger partial charge in [0.2, 0.25) is 0 Å². The molecule has 0 saturated carbocycles. The normalized spacial score (nSPS) is 11.3. The molecule has 2 aromatic carbocycles. The molecule has 0 saturated heterocycles. The van der Waals surface area contributed by atoms with Gasteiger partial charge in [-0.15, -0.1) is 13.2 Å². The van der Waals surface area contributed by atoms with Crippen LogP contribution in [0.2, 0.25) is 0 Å². The standard InChI is InChI=1S/C15H10F4O3/c16-12-5-9(6-14(20)21)4-11(7-12)10-2-1-3-13(8-10)22-15(17,18)19/h1-5,7-8H,6H2,(H,20,21). The van der Waals surface area contributed by atoms with Crippen LogP contribution < -0.4 is 4.74 Å². The molecule has 0 fully saturated rings. The molecule has 0 spiro atoms. The summed E-state index contributed by atoms with van der Waals surface area (Å²) >= 11 is 0. The summed E-state index contributed by atoms with van der Waals surface area (Å²) in [6, 6.07) is 8.61. The van der Waals surface area contributed by atoms with Crippen LogP contribution in [0.4, 0.5) is 17.6 Å². The van der Waals surface area contributed by atoms with Gasteiger partial charge in [0.1, 0.15) is 11.6 Å². The van der Waals surface area contributed by atoms with Crippen molar-refractivity contribution in [2.75, 3.05) is 0 Å². The lowest BCUT2D eigenvalue weighted by atomic mass is 10.0. The largest absolute Gasteiger partial charge is 0.573 e. The molecular weight excluding hydrogens is 304 g/mol. The van der Waals surface area contributed by atoms with Gasteiger partial charge in [-0.25, -0.2) is 4.39 Å². The van der Waals surface area contributed by atoms with Crippen molar-refractivity contribution >= 4 is 5.97 Å². The lowest BCUT2D eigenvalue weighted by Crippen LogP contribution is -2.17. The Morgan fingerprint density at radius 3 is 2.45 bits per heavy atom. The predicted molar refractivity (Wildman–Crippen MR) is 69.9 cm³/mol. The summed E-state index contributed by atoms with van der Waals surface area (Å²) in [6.07, 6.45) is -5.21. The number of hydrogen-bond acceptors (Lipinski definition) is 2. The molecule has 0 aliphatic rings. The molecule has 3 nitrogen and oxygen atoms in total. The van der Waals surface area contributed by atoms with E-state index in [1.807, 2.05) is 0 Å². The van der Waals surface area contributed by atoms with Gasteiger partial charge in [-0.3, -0.25) is 4.79 Å². The third kappa shape index (κ3) is 4.47. The number of alkyl halides is 3. The Kier molecular flexibility index (Phi) is 4.35. The molecule has 2 aromatic rings. The minimum atomic E-state index is -4.82. The molecule has 22 heavy (non-hydrogen) atoms. The summed E-state index contributed by atoms with van der Waals surface area (Å²) < 4.78 is 53.9. The van der Waals surface area contributed by atoms with E-state index in [1.54, 1.807) is 0 Å². The zero-order valence-electron chi connectivity index (χ0n) is 11.0. The highest BCUT2D eigenvalue weighted by Crippen LogP contribution is 2.29. The summed E-state index contributed by atoms with van der Waals surface area (Å²) in [6.45, 7) is 0. The van der Waals surface area contributed by atoms with Crippen LogP contribution in [0.5, 0.6) is 5.75 Å². The monoisotopic (exact) mass is 314 g/mol. The fourth-order valence-corrected chi connectivity index (χ4v) is 1.97. The van der Waals surface area contributed by atoms with Crippen molar-refractivity contribution < 1.29 is 32.2 Å². The number of hydrogen-bond donors (Lipinski definition) is 1. The van der Waals surface area contributed by atoms with E-state index >= 15 is 0 Å². The molecule has 0 amide bonds. The second-order valence-electron chi connectivity index (χ2n) is 4.49. The molecule has 0 bridgehead atoms. The average Bonchev–Trinajstić information content (AvgIpc) is 2.35. The summed E-state index contributed by atoms with van der Waals surface area (Å²) in [5, 5.41) is 8.72. The van der Waals surface area contributed by atoms with Crippen LogP contribution in [0.15, 0.2) is 42.5 Å². The van der Waals surface area contributed by atoms with Gasteiger partial charge in [0.05, 0.1) is 6.42 Å². The Hall–Kier alpha value is -2.57. The topological polar surface area (TPSA) is 46.5 Å². The van der Waals surface area contributed by atoms with Crippen LogP contribution in [-0.2, 0) is 11.2 Å². The summed E-state index contributed by atoms with van der Waals surface area (Å²) in [5.74, 6) is -2.24. The van der Waals surface area contributed by atoms with Gasteiger partial charge in [-0.2, -0.15) is 0 Å². The fraction of sp³-hybridized carbons (Fsp3) is 0.133. The molecule has 0 aliphatic carbocycles. The number of halogens is 4. The van der Waals surface area contributed by atoms with Crippen molar-refractivity contribution in [1.29, 1.82) is 0 Å². The van der Waals surface area contributed by atoms with E-state index in [2.05, 4.69) is 4.74 Å². The Morgan fingerprint density at radius 1 is 1.09 bits per heavy atom. The molecule has 0 aliphatic heterocycles. The lowest BCUT2D eigenvalue weighted by molar-refractivity contribution is -0.274. The van der Waals surface area contributed by atoms with E-state index in [0.29, 0.717) is 0 Å². The molecule has 7 heteroatoms. The number of rotatable bonds is 4. The fourth-order valence-electron chi connectivity index (χ4n) is 1.97. The maximum Gasteiger partial charge on any atom is 0.573 e. The highest BCUT2D eigenvalue weighted by Gasteiger charge is 2.31. The van der Waals surface area contributed by atoms with Gasteiger partial charge in [-0.1, -0.05) is 18.2 Å². The SMILES string of the molecule is O=C(O)Cc1cc(F)cc(-c2cccc(OC(F)(F)F)c2)c1. The quantitative estimate of drug-likeness (QED) is 0.867. The average molecular weight is 314 g/mol. The second kappa shape index (κ2) is 6.05. The van der Waals surface area contributed by atoms with E-state index in [1.165, 1.54) is 18.2 Å². The van der Waals surface area contributed by atoms with Gasteiger partial charge < -0.3 is 9.84 Å². The van der Waals surface area contributed by atoms with Crippen LogP contribution in [0.25, 0.3) is 11.1 Å². The van der Waals surface area contributed by atoms with Crippen molar-refractivity contribution in [1.82, 2.24) is 0 Å². The molecule has 2 rings (SSSR count). The van der Waals surface area contributed by atoms with Crippen LogP contribution >= 0.6 is 0 Å². The molecular formula is C15H10F4O3. The van der Waals surface area contributed by atoms with Crippen LogP contribution in [0.1, 0.15) is 5.56 Å². The molecule has 116 valence electrons. The first-order valence-corrected chi connectivity index (χ1v) is 6.10. The third-order valence-corrected chi connectivity index (χ3v) is 2.71. The second-order valence-corrected chi connectivity index (χ2v) is 4.49. The lowest BCUT2D eigenvalue weighted by Gasteiger charge is -2.11. The Balaban J connectivity index is 2.37. The highest BCUT2D eigenvalue weighted by molar-refractivity contribution is 5.72. The number of carbonyl (C=O) groups is 1. The van der Waals surface area contributed by atoms with Crippen molar-refractivity contribution in [3.8, 4) is 16.9 Å². The molecule has 0 heterocycles. The Labute approximate surface area is 122 Å². The number of carboxylic acids is 1. The smallest absolute Gasteiger partial charge is 0.481 e. The van der Waals surface area contributed by atoms with Crippen LogP contribution in [-0.4, -0.2) is 17.4 Å². The number of aliphatic carboxylic acids is 1. The van der Waals surface area contributed by atoms with Crippen molar-refractivity contribution in [2.45, 2.75) is 12.8 Å². The van der Waals surface area contributed by atoms with Crippen LogP contribution in [0.3, 0.4) is 0 Å². The van der Waals surface area contributed by atoms with E-state index in [9.17, 15) is 22.4 Å². The minimum absolute atomic E-state index is 0.213. The molecule has 0 atom stereocenters. The molecule has 0 radical (unpaired) electrons. The molecule has 0 unspecified atom stereocenters. The first kappa shape index (κ1) is 15.8. The van der Waals surface area contributed by atoms with Crippen LogP contribution in [0, 0.1) is 5.82 Å². The maximum absolute atomic E-state index is 13.5. The first-order valence-electron chi connectivity index (χ1n) is 6.10. The summed E-state index contributed by atoms with van der Waals surface area (Å²) in [4.78, 5) is 10.7. The predicted octanol–water partition coefficient (Wildman–Crippen LogP) is 4.02. The van der Waals surface area contributed by atoms with Crippen molar-refractivity contribution in [2.24, 2.45) is 0 Å². The van der Waals surface area contributed by atoms with Gasteiger partial charge in [0.15, 0.2) is 0 Å². The van der Waals surface area contributed by atoms with E-state index < -0.39 is 23.9 Å². The maximum atomic E-state index is 13.5. The van der Waals surface area contributed by atoms with Gasteiger partial charge in [-0.05, 0) is 41.0 Å². The Bertz CT molecular complexity index is 695. The first-order chi connectivity index (χ1) is 10.2. The Morgan fingerprint density at radius 2 is 1.82 bits per heavy atom. The van der Waals surface area contributed by atoms with Crippen molar-refractivity contribution in [3.63, 3.8) is 0 Å². The number of carboxylic acid groups (broad SMARTS) is 1. The zero-order chi connectivity index (χ0) is 16.3. The number of benzene rings is 2. The molecule has 0 aromatic heterocycles. The van der Waals surface area contributed by atoms with E-state index in [0.717, 1.165) is 24.3 Å². The highest BCUT2D eigenvalue weighted by atomic mass is 19.4. The molecule has 1 N–H and O–H groups in total. The summed E-state index contributed by atoms with van der Waals surface area (Å²) in [5.41, 5.74) is 0.765. The number of ether oxygens (including phenoxy) is 1. The van der Waals surface area contributed by atoms with Gasteiger partial charge in [0, 0.05) is 0 Å². The minimum Gasteiger partial charge on any atom is -0.481 e.